The van der Waals surface area contributed by atoms with Gasteiger partial charge in [-0.05, 0) is 6.42 Å². The lowest BCUT2D eigenvalue weighted by atomic mass is 10.1. The molecule has 0 aliphatic carbocycles. The zero-order valence-electron chi connectivity index (χ0n) is 7.15. The fraction of sp³-hybridized carbons (Fsp3) is 1.00. The maximum Gasteiger partial charge on any atom is 0.116 e. The van der Waals surface area contributed by atoms with Crippen LogP contribution in [0.2, 0.25) is 0 Å². The molecule has 10 heavy (non-hydrogen) atoms. The number of rotatable bonds is 1. The van der Waals surface area contributed by atoms with Crippen molar-refractivity contribution in [1.29, 1.82) is 0 Å². The number of alkyl halides is 1. The average molecular weight is 147 g/mol. The minimum Gasteiger partial charge on any atom is -0.313 e. The Morgan fingerprint density at radius 3 is 2.20 bits per heavy atom. The highest BCUT2D eigenvalue weighted by Crippen LogP contribution is 2.14. The average Bonchev–Trinajstić information content (AvgIpc) is 2.39. The van der Waals surface area contributed by atoms with E-state index in [1.807, 2.05) is 20.8 Å². The standard InChI is InChI=1S/C6H12FN.C2H6/c1-2-5-3-8-4-6(5)7;1-2/h5-6,8H,2-4H2,1H3;1-2H3. The summed E-state index contributed by atoms with van der Waals surface area (Å²) in [6.07, 6.45) is 0.383. The van der Waals surface area contributed by atoms with Gasteiger partial charge in [-0.2, -0.15) is 0 Å². The Kier molecular flexibility index (Phi) is 5.60. The Morgan fingerprint density at radius 1 is 1.40 bits per heavy atom. The third kappa shape index (κ3) is 2.65. The first-order valence-electron chi connectivity index (χ1n) is 4.19. The summed E-state index contributed by atoms with van der Waals surface area (Å²) in [6.45, 7) is 7.47. The van der Waals surface area contributed by atoms with E-state index in [4.69, 9.17) is 0 Å². The van der Waals surface area contributed by atoms with Crippen LogP contribution in [-0.4, -0.2) is 19.3 Å². The van der Waals surface area contributed by atoms with Crippen LogP contribution in [0.15, 0.2) is 0 Å². The molecular weight excluding hydrogens is 129 g/mol. The second kappa shape index (κ2) is 5.66. The van der Waals surface area contributed by atoms with Crippen molar-refractivity contribution in [3.63, 3.8) is 0 Å². The summed E-state index contributed by atoms with van der Waals surface area (Å²) >= 11 is 0. The first kappa shape index (κ1) is 9.89. The maximum absolute atomic E-state index is 12.5. The summed E-state index contributed by atoms with van der Waals surface area (Å²) < 4.78 is 12.5. The Hall–Kier alpha value is -0.110. The normalized spacial score (nSPS) is 31.2. The van der Waals surface area contributed by atoms with Gasteiger partial charge >= 0.3 is 0 Å². The lowest BCUT2D eigenvalue weighted by Gasteiger charge is -2.05. The highest BCUT2D eigenvalue weighted by molar-refractivity contribution is 4.79. The van der Waals surface area contributed by atoms with E-state index in [0.717, 1.165) is 13.0 Å². The SMILES string of the molecule is CC.CCC1CNCC1F. The summed E-state index contributed by atoms with van der Waals surface area (Å²) in [7, 11) is 0. The Balaban J connectivity index is 0.000000371. The van der Waals surface area contributed by atoms with E-state index in [-0.39, 0.29) is 5.92 Å². The first-order chi connectivity index (χ1) is 4.84. The van der Waals surface area contributed by atoms with E-state index < -0.39 is 6.17 Å². The molecule has 0 spiro atoms. The molecule has 2 atom stereocenters. The molecule has 1 nitrogen and oxygen atoms in total. The molecule has 1 rings (SSSR count). The molecule has 1 fully saturated rings. The Bertz CT molecular complexity index is 75.7. The highest BCUT2D eigenvalue weighted by Gasteiger charge is 2.24. The molecule has 62 valence electrons. The van der Waals surface area contributed by atoms with Crippen molar-refractivity contribution >= 4 is 0 Å². The van der Waals surface area contributed by atoms with Crippen LogP contribution in [0.3, 0.4) is 0 Å². The number of hydrogen-bond acceptors (Lipinski definition) is 1. The topological polar surface area (TPSA) is 12.0 Å². The smallest absolute Gasteiger partial charge is 0.116 e. The lowest BCUT2D eigenvalue weighted by molar-refractivity contribution is 0.278. The molecule has 1 heterocycles. The van der Waals surface area contributed by atoms with Crippen molar-refractivity contribution in [1.82, 2.24) is 5.32 Å². The van der Waals surface area contributed by atoms with Crippen molar-refractivity contribution in [2.75, 3.05) is 13.1 Å². The molecule has 1 saturated heterocycles. The van der Waals surface area contributed by atoms with Crippen LogP contribution >= 0.6 is 0 Å². The molecule has 1 aliphatic heterocycles. The summed E-state index contributed by atoms with van der Waals surface area (Å²) in [6, 6.07) is 0. The number of hydrogen-bond donors (Lipinski definition) is 1. The van der Waals surface area contributed by atoms with Crippen LogP contribution in [0.1, 0.15) is 27.2 Å². The summed E-state index contributed by atoms with van der Waals surface area (Å²) in [5.74, 6) is 0.287. The molecule has 0 aromatic carbocycles. The van der Waals surface area contributed by atoms with Gasteiger partial charge in [-0.15, -0.1) is 0 Å². The largest absolute Gasteiger partial charge is 0.313 e. The molecule has 2 unspecified atom stereocenters. The molecule has 1 N–H and O–H groups in total. The Labute approximate surface area is 63.0 Å². The minimum absolute atomic E-state index is 0.287. The third-order valence-electron chi connectivity index (χ3n) is 1.78. The maximum atomic E-state index is 12.5. The third-order valence-corrected chi connectivity index (χ3v) is 1.78. The van der Waals surface area contributed by atoms with Crippen LogP contribution in [0, 0.1) is 5.92 Å². The quantitative estimate of drug-likeness (QED) is 0.598. The van der Waals surface area contributed by atoms with Gasteiger partial charge < -0.3 is 5.32 Å². The van der Waals surface area contributed by atoms with Gasteiger partial charge in [0.25, 0.3) is 0 Å². The zero-order valence-corrected chi connectivity index (χ0v) is 7.15. The van der Waals surface area contributed by atoms with Gasteiger partial charge in [0.15, 0.2) is 0 Å². The molecule has 2 heteroatoms. The van der Waals surface area contributed by atoms with Crippen molar-refractivity contribution in [2.45, 2.75) is 33.4 Å². The molecule has 1 aliphatic rings. The van der Waals surface area contributed by atoms with E-state index in [1.54, 1.807) is 0 Å². The molecule has 0 bridgehead atoms. The van der Waals surface area contributed by atoms with Gasteiger partial charge in [0.1, 0.15) is 6.17 Å². The molecular formula is C8H18FN. The van der Waals surface area contributed by atoms with Gasteiger partial charge in [-0.25, -0.2) is 4.39 Å². The predicted molar refractivity (Wildman–Crippen MR) is 42.9 cm³/mol. The van der Waals surface area contributed by atoms with Gasteiger partial charge in [-0.1, -0.05) is 20.8 Å². The number of halogens is 1. The van der Waals surface area contributed by atoms with Crippen molar-refractivity contribution in [3.8, 4) is 0 Å². The fourth-order valence-corrected chi connectivity index (χ4v) is 1.10. The first-order valence-corrected chi connectivity index (χ1v) is 4.19. The van der Waals surface area contributed by atoms with Crippen LogP contribution in [-0.2, 0) is 0 Å². The highest BCUT2D eigenvalue weighted by atomic mass is 19.1. The van der Waals surface area contributed by atoms with E-state index in [0.29, 0.717) is 6.54 Å². The lowest BCUT2D eigenvalue weighted by Crippen LogP contribution is -2.10. The second-order valence-electron chi connectivity index (χ2n) is 2.34. The Morgan fingerprint density at radius 2 is 2.00 bits per heavy atom. The van der Waals surface area contributed by atoms with Crippen molar-refractivity contribution < 1.29 is 4.39 Å². The molecule has 0 aromatic heterocycles. The molecule has 0 aromatic rings. The monoisotopic (exact) mass is 147 g/mol. The van der Waals surface area contributed by atoms with E-state index >= 15 is 0 Å². The van der Waals surface area contributed by atoms with E-state index in [1.165, 1.54) is 0 Å². The van der Waals surface area contributed by atoms with Crippen molar-refractivity contribution in [2.24, 2.45) is 5.92 Å². The second-order valence-corrected chi connectivity index (χ2v) is 2.34. The van der Waals surface area contributed by atoms with Crippen LogP contribution < -0.4 is 5.32 Å². The summed E-state index contributed by atoms with van der Waals surface area (Å²) in [5.41, 5.74) is 0. The van der Waals surface area contributed by atoms with Crippen LogP contribution in [0.4, 0.5) is 4.39 Å². The van der Waals surface area contributed by atoms with Crippen LogP contribution in [0.5, 0.6) is 0 Å². The molecule has 0 radical (unpaired) electrons. The van der Waals surface area contributed by atoms with Gasteiger partial charge in [0, 0.05) is 19.0 Å². The van der Waals surface area contributed by atoms with E-state index in [2.05, 4.69) is 5.32 Å². The van der Waals surface area contributed by atoms with Gasteiger partial charge in [-0.3, -0.25) is 0 Å². The molecule has 0 saturated carbocycles. The van der Waals surface area contributed by atoms with Gasteiger partial charge in [0.05, 0.1) is 0 Å². The zero-order chi connectivity index (χ0) is 7.98. The minimum atomic E-state index is -0.583. The molecule has 0 amide bonds. The summed E-state index contributed by atoms with van der Waals surface area (Å²) in [5, 5.41) is 3.00. The predicted octanol–water partition coefficient (Wildman–Crippen LogP) is 1.98. The van der Waals surface area contributed by atoms with Gasteiger partial charge in [0.2, 0.25) is 0 Å². The van der Waals surface area contributed by atoms with Crippen molar-refractivity contribution in [3.05, 3.63) is 0 Å². The number of nitrogens with one attached hydrogen (secondary N) is 1. The summed E-state index contributed by atoms with van der Waals surface area (Å²) in [4.78, 5) is 0. The fourth-order valence-electron chi connectivity index (χ4n) is 1.10. The van der Waals surface area contributed by atoms with E-state index in [9.17, 15) is 4.39 Å². The van der Waals surface area contributed by atoms with Crippen LogP contribution in [0.25, 0.3) is 0 Å².